The number of rotatable bonds is 6. The van der Waals surface area contributed by atoms with Crippen molar-refractivity contribution in [2.24, 2.45) is 0 Å². The number of halogens is 3. The number of anilines is 2. The summed E-state index contributed by atoms with van der Waals surface area (Å²) >= 11 is 0. The van der Waals surface area contributed by atoms with Crippen molar-refractivity contribution in [1.82, 2.24) is 19.5 Å². The molecule has 1 aliphatic carbocycles. The molecule has 0 bridgehead atoms. The number of hydrogen-bond acceptors (Lipinski definition) is 5. The Morgan fingerprint density at radius 3 is 2.71 bits per heavy atom. The fourth-order valence-corrected chi connectivity index (χ4v) is 3.59. The second-order valence-corrected chi connectivity index (χ2v) is 8.38. The fourth-order valence-electron chi connectivity index (χ4n) is 3.59. The molecule has 0 radical (unpaired) electrons. The molecule has 0 unspecified atom stereocenters. The van der Waals surface area contributed by atoms with E-state index < -0.39 is 17.6 Å². The van der Waals surface area contributed by atoms with Crippen molar-refractivity contribution in [3.05, 3.63) is 77.4 Å². The van der Waals surface area contributed by atoms with E-state index in [0.29, 0.717) is 28.7 Å². The van der Waals surface area contributed by atoms with Crippen LogP contribution in [-0.2, 0) is 6.18 Å². The molecule has 35 heavy (non-hydrogen) atoms. The molecule has 0 aliphatic heterocycles. The van der Waals surface area contributed by atoms with Gasteiger partial charge in [-0.3, -0.25) is 9.36 Å². The third-order valence-electron chi connectivity index (χ3n) is 5.68. The van der Waals surface area contributed by atoms with Crippen molar-refractivity contribution >= 4 is 40.9 Å². The van der Waals surface area contributed by atoms with Crippen LogP contribution in [0.1, 0.15) is 39.9 Å². The Morgan fingerprint density at radius 2 is 1.94 bits per heavy atom. The van der Waals surface area contributed by atoms with Gasteiger partial charge in [0.15, 0.2) is 17.0 Å². The summed E-state index contributed by atoms with van der Waals surface area (Å²) in [5, 5.41) is 6.02. The third-order valence-corrected chi connectivity index (χ3v) is 5.68. The zero-order valence-corrected chi connectivity index (χ0v) is 18.7. The van der Waals surface area contributed by atoms with E-state index >= 15 is 0 Å². The number of imidazole rings is 1. The average molecular weight is 478 g/mol. The number of aromatic nitrogens is 4. The van der Waals surface area contributed by atoms with Crippen LogP contribution < -0.4 is 10.6 Å². The van der Waals surface area contributed by atoms with Crippen molar-refractivity contribution in [2.45, 2.75) is 32.0 Å². The molecule has 2 N–H and O–H groups in total. The maximum absolute atomic E-state index is 13.0. The van der Waals surface area contributed by atoms with Crippen molar-refractivity contribution in [3.8, 4) is 0 Å². The van der Waals surface area contributed by atoms with Crippen LogP contribution in [0.2, 0.25) is 0 Å². The van der Waals surface area contributed by atoms with Gasteiger partial charge in [0.1, 0.15) is 12.7 Å². The summed E-state index contributed by atoms with van der Waals surface area (Å²) in [6.45, 7) is 1.92. The second kappa shape index (κ2) is 8.86. The van der Waals surface area contributed by atoms with Crippen LogP contribution in [0.25, 0.3) is 23.4 Å². The van der Waals surface area contributed by atoms with Crippen molar-refractivity contribution in [1.29, 1.82) is 0 Å². The minimum atomic E-state index is -4.52. The number of alkyl halides is 3. The van der Waals surface area contributed by atoms with Crippen LogP contribution >= 0.6 is 0 Å². The largest absolute Gasteiger partial charge is 0.416 e. The van der Waals surface area contributed by atoms with Crippen LogP contribution in [0.5, 0.6) is 0 Å². The van der Waals surface area contributed by atoms with E-state index in [1.807, 2.05) is 25.3 Å². The lowest BCUT2D eigenvalue weighted by Gasteiger charge is -2.10. The van der Waals surface area contributed by atoms with Gasteiger partial charge in [0.05, 0.1) is 5.56 Å². The van der Waals surface area contributed by atoms with Crippen molar-refractivity contribution in [2.75, 3.05) is 10.6 Å². The van der Waals surface area contributed by atoms with Crippen LogP contribution in [0.15, 0.2) is 55.1 Å². The summed E-state index contributed by atoms with van der Waals surface area (Å²) in [6.07, 6.45) is 4.53. The average Bonchev–Trinajstić information content (AvgIpc) is 3.55. The van der Waals surface area contributed by atoms with Crippen LogP contribution in [0.3, 0.4) is 0 Å². The molecule has 1 fully saturated rings. The van der Waals surface area contributed by atoms with E-state index in [0.717, 1.165) is 36.1 Å². The molecule has 7 nitrogen and oxygen atoms in total. The Labute approximate surface area is 198 Å². The van der Waals surface area contributed by atoms with Crippen molar-refractivity contribution in [3.63, 3.8) is 0 Å². The van der Waals surface area contributed by atoms with Gasteiger partial charge in [0.25, 0.3) is 5.91 Å². The Bertz CT molecular complexity index is 1440. The lowest BCUT2D eigenvalue weighted by atomic mass is 10.1. The Hall–Kier alpha value is -4.21. The standard InChI is InChI=1S/C25H21F3N6O/c1-15-5-6-20(33-24(35)17-3-2-4-18(11-17)25(26,27)28)12-16(15)9-10-34-14-31-21-22(32-19-7-8-19)29-13-30-23(21)34/h2-6,9-14,19H,7-8H2,1H3,(H,33,35)(H,29,30,32)/b10-9+. The van der Waals surface area contributed by atoms with Gasteiger partial charge in [-0.1, -0.05) is 12.1 Å². The number of nitrogens with zero attached hydrogens (tertiary/aromatic N) is 4. The number of hydrogen-bond donors (Lipinski definition) is 2. The summed E-state index contributed by atoms with van der Waals surface area (Å²) in [4.78, 5) is 25.6. The monoisotopic (exact) mass is 478 g/mol. The highest BCUT2D eigenvalue weighted by atomic mass is 19.4. The number of carbonyl (C=O) groups is 1. The number of benzene rings is 2. The van der Waals surface area contributed by atoms with Crippen LogP contribution in [-0.4, -0.2) is 31.5 Å². The van der Waals surface area contributed by atoms with Gasteiger partial charge in [-0.25, -0.2) is 15.0 Å². The minimum absolute atomic E-state index is 0.0716. The first kappa shape index (κ1) is 22.6. The van der Waals surface area contributed by atoms with Gasteiger partial charge in [0, 0.05) is 23.5 Å². The molecule has 5 rings (SSSR count). The number of aryl methyl sites for hydroxylation is 1. The van der Waals surface area contributed by atoms with Gasteiger partial charge in [-0.2, -0.15) is 13.2 Å². The first-order chi connectivity index (χ1) is 16.8. The maximum Gasteiger partial charge on any atom is 0.416 e. The van der Waals surface area contributed by atoms with E-state index in [1.54, 1.807) is 23.0 Å². The normalized spacial score (nSPS) is 13.9. The third kappa shape index (κ3) is 5.01. The summed E-state index contributed by atoms with van der Waals surface area (Å²) < 4.78 is 40.7. The van der Waals surface area contributed by atoms with Gasteiger partial charge >= 0.3 is 6.18 Å². The number of amides is 1. The lowest BCUT2D eigenvalue weighted by Crippen LogP contribution is -2.14. The highest BCUT2D eigenvalue weighted by molar-refractivity contribution is 6.04. The topological polar surface area (TPSA) is 84.7 Å². The number of carbonyl (C=O) groups excluding carboxylic acids is 1. The molecule has 178 valence electrons. The molecule has 1 amide bonds. The number of nitrogens with one attached hydrogen (secondary N) is 2. The fraction of sp³-hybridized carbons (Fsp3) is 0.200. The maximum atomic E-state index is 13.0. The smallest absolute Gasteiger partial charge is 0.365 e. The first-order valence-electron chi connectivity index (χ1n) is 11.0. The molecule has 1 aliphatic rings. The van der Waals surface area contributed by atoms with E-state index in [4.69, 9.17) is 0 Å². The molecule has 4 aromatic rings. The highest BCUT2D eigenvalue weighted by Gasteiger charge is 2.31. The van der Waals surface area contributed by atoms with Gasteiger partial charge < -0.3 is 10.6 Å². The molecule has 2 aromatic heterocycles. The van der Waals surface area contributed by atoms with Gasteiger partial charge in [0.2, 0.25) is 0 Å². The predicted octanol–water partition coefficient (Wildman–Crippen LogP) is 5.61. The highest BCUT2D eigenvalue weighted by Crippen LogP contribution is 2.30. The molecular weight excluding hydrogens is 457 g/mol. The Balaban J connectivity index is 1.36. The Kier molecular flexibility index (Phi) is 5.72. The minimum Gasteiger partial charge on any atom is -0.365 e. The zero-order chi connectivity index (χ0) is 24.6. The molecular formula is C25H21F3N6O. The summed E-state index contributed by atoms with van der Waals surface area (Å²) in [5.74, 6) is 0.0861. The molecule has 1 saturated carbocycles. The molecule has 0 spiro atoms. The number of fused-ring (bicyclic) bond motifs is 1. The molecule has 2 aromatic carbocycles. The van der Waals surface area contributed by atoms with E-state index in [2.05, 4.69) is 25.6 Å². The molecule has 10 heteroatoms. The first-order valence-corrected chi connectivity index (χ1v) is 11.0. The summed E-state index contributed by atoms with van der Waals surface area (Å²) in [5.41, 5.74) is 2.63. The Morgan fingerprint density at radius 1 is 1.11 bits per heavy atom. The second-order valence-electron chi connectivity index (χ2n) is 8.38. The van der Waals surface area contributed by atoms with E-state index in [9.17, 15) is 18.0 Å². The lowest BCUT2D eigenvalue weighted by molar-refractivity contribution is -0.137. The van der Waals surface area contributed by atoms with E-state index in [-0.39, 0.29) is 5.56 Å². The molecule has 2 heterocycles. The van der Waals surface area contributed by atoms with Gasteiger partial charge in [-0.05, 0) is 67.3 Å². The summed E-state index contributed by atoms with van der Waals surface area (Å²) in [6, 6.07) is 10.0. The van der Waals surface area contributed by atoms with Crippen molar-refractivity contribution < 1.29 is 18.0 Å². The van der Waals surface area contributed by atoms with E-state index in [1.165, 1.54) is 18.5 Å². The van der Waals surface area contributed by atoms with Crippen LogP contribution in [0, 0.1) is 6.92 Å². The quantitative estimate of drug-likeness (QED) is 0.376. The van der Waals surface area contributed by atoms with Crippen LogP contribution in [0.4, 0.5) is 24.7 Å². The zero-order valence-electron chi connectivity index (χ0n) is 18.7. The molecule has 0 atom stereocenters. The predicted molar refractivity (Wildman–Crippen MR) is 128 cm³/mol. The molecule has 0 saturated heterocycles. The van der Waals surface area contributed by atoms with Gasteiger partial charge in [-0.15, -0.1) is 0 Å². The SMILES string of the molecule is Cc1ccc(NC(=O)c2cccc(C(F)(F)F)c2)cc1/C=C/n1cnc2c(NC3CC3)ncnc21. The summed E-state index contributed by atoms with van der Waals surface area (Å²) in [7, 11) is 0.